The highest BCUT2D eigenvalue weighted by Gasteiger charge is 2.59. The van der Waals surface area contributed by atoms with Crippen LogP contribution >= 0.6 is 0 Å². The smallest absolute Gasteiger partial charge is 0.188 e. The number of nitriles is 1. The summed E-state index contributed by atoms with van der Waals surface area (Å²) in [6.07, 6.45) is 3.73. The number of rotatable bonds is 7. The van der Waals surface area contributed by atoms with Gasteiger partial charge in [-0.2, -0.15) is 22.4 Å². The van der Waals surface area contributed by atoms with Gasteiger partial charge in [0, 0.05) is 27.5 Å². The molecule has 2 spiro atoms. The number of hydrogen-bond donors (Lipinski definition) is 0. The molecule has 2 atom stereocenters. The van der Waals surface area contributed by atoms with Crippen LogP contribution in [0.4, 0.5) is 0 Å². The molecule has 4 aliphatic carbocycles. The summed E-state index contributed by atoms with van der Waals surface area (Å²) in [7, 11) is 6.73. The third kappa shape index (κ3) is 7.76. The Balaban J connectivity index is 0.000000170. The monoisotopic (exact) mass is 1090 g/mol. The fourth-order valence-corrected chi connectivity index (χ4v) is 15.8. The summed E-state index contributed by atoms with van der Waals surface area (Å²) >= 11 is 0. The van der Waals surface area contributed by atoms with Gasteiger partial charge in [-0.25, -0.2) is 0 Å². The van der Waals surface area contributed by atoms with Crippen LogP contribution in [-0.2, 0) is 32.5 Å². The van der Waals surface area contributed by atoms with E-state index in [0.717, 1.165) is 70.9 Å². The minimum absolute atomic E-state index is 0.0827. The zero-order valence-electron chi connectivity index (χ0n) is 50.5. The molecule has 2 unspecified atom stereocenters. The molecule has 0 amide bonds. The van der Waals surface area contributed by atoms with Gasteiger partial charge in [-0.05, 0) is 190 Å². The maximum absolute atomic E-state index is 10.7. The molecule has 0 saturated heterocycles. The third-order valence-electron chi connectivity index (χ3n) is 19.2. The highest BCUT2D eigenvalue weighted by molar-refractivity contribution is 6.11. The van der Waals surface area contributed by atoms with Gasteiger partial charge < -0.3 is 54.1 Å². The van der Waals surface area contributed by atoms with E-state index in [1.807, 2.05) is 27.7 Å². The molecule has 0 saturated carbocycles. The summed E-state index contributed by atoms with van der Waals surface area (Å²) in [5.41, 5.74) is 14.9. The van der Waals surface area contributed by atoms with Gasteiger partial charge in [0.15, 0.2) is 69.0 Å². The molecule has 2 heterocycles. The van der Waals surface area contributed by atoms with Gasteiger partial charge >= 0.3 is 0 Å². The van der Waals surface area contributed by atoms with Gasteiger partial charge in [-0.1, -0.05) is 76.2 Å². The van der Waals surface area contributed by atoms with Crippen LogP contribution in [0, 0.1) is 39.0 Å². The van der Waals surface area contributed by atoms with Gasteiger partial charge in [0.05, 0.1) is 28.4 Å². The molecule has 6 aliphatic rings. The van der Waals surface area contributed by atoms with Gasteiger partial charge in [-0.15, -0.1) is 0 Å². The van der Waals surface area contributed by atoms with Crippen LogP contribution in [0.3, 0.4) is 0 Å². The molecule has 0 bridgehead atoms. The van der Waals surface area contributed by atoms with E-state index in [0.29, 0.717) is 68.2 Å². The highest BCUT2D eigenvalue weighted by atomic mass is 16.6. The fourth-order valence-electron chi connectivity index (χ4n) is 15.8. The first-order valence-electron chi connectivity index (χ1n) is 27.9. The Bertz CT molecular complexity index is 3890. The predicted molar refractivity (Wildman–Crippen MR) is 320 cm³/mol. The molecule has 12 nitrogen and oxygen atoms in total. The lowest BCUT2D eigenvalue weighted by Gasteiger charge is -2.32. The Labute approximate surface area is 477 Å². The zero-order valence-corrected chi connectivity index (χ0v) is 50.5. The number of fused-ring (bicyclic) bond motifs is 12. The Morgan fingerprint density at radius 1 is 0.395 bits per heavy atom. The van der Waals surface area contributed by atoms with Crippen LogP contribution < -0.4 is 37.9 Å². The lowest BCUT2D eigenvalue weighted by molar-refractivity contribution is 0.347. The summed E-state index contributed by atoms with van der Waals surface area (Å²) in [6.45, 7) is 30.9. The molecular formula is C69H73N4O8-3. The van der Waals surface area contributed by atoms with Crippen LogP contribution in [0.5, 0.6) is 69.0 Å². The lowest BCUT2D eigenvalue weighted by atomic mass is 9.72. The summed E-state index contributed by atoms with van der Waals surface area (Å²) in [4.78, 5) is 0. The van der Waals surface area contributed by atoms with E-state index in [4.69, 9.17) is 37.9 Å². The van der Waals surface area contributed by atoms with Crippen molar-refractivity contribution in [3.8, 4) is 75.1 Å². The number of methoxy groups -OCH3 is 4. The van der Waals surface area contributed by atoms with Crippen molar-refractivity contribution in [2.45, 2.75) is 162 Å². The second-order valence-corrected chi connectivity index (χ2v) is 26.2. The molecule has 0 N–H and O–H groups in total. The van der Waals surface area contributed by atoms with Gasteiger partial charge in [-0.3, -0.25) is 0 Å². The number of ether oxygens (including phenoxy) is 8. The molecule has 0 radical (unpaired) electrons. The second-order valence-electron chi connectivity index (χ2n) is 26.2. The van der Waals surface area contributed by atoms with Crippen molar-refractivity contribution in [3.63, 3.8) is 0 Å². The lowest BCUT2D eigenvalue weighted by Crippen LogP contribution is -2.27. The normalized spacial score (nSPS) is 20.4. The van der Waals surface area contributed by atoms with Crippen LogP contribution in [0.1, 0.15) is 191 Å². The van der Waals surface area contributed by atoms with Crippen molar-refractivity contribution in [2.75, 3.05) is 28.4 Å². The van der Waals surface area contributed by atoms with Crippen LogP contribution in [0.25, 0.3) is 16.2 Å². The minimum Gasteiger partial charge on any atom is -0.807 e. The van der Waals surface area contributed by atoms with Crippen LogP contribution in [-0.4, -0.2) is 45.6 Å². The number of nitrogens with zero attached hydrogens (tertiary/aromatic N) is 4. The average molecular weight is 1090 g/mol. The number of benzene rings is 6. The Hall–Kier alpha value is -7.78. The Morgan fingerprint density at radius 3 is 0.914 bits per heavy atom. The summed E-state index contributed by atoms with van der Waals surface area (Å²) in [6, 6.07) is 19.4. The van der Waals surface area contributed by atoms with E-state index < -0.39 is 0 Å². The minimum atomic E-state index is -0.251. The molecular weight excluding hydrogens is 1010 g/mol. The highest BCUT2D eigenvalue weighted by Crippen LogP contribution is 2.68. The first-order chi connectivity index (χ1) is 38.0. The van der Waals surface area contributed by atoms with E-state index >= 15 is 0 Å². The molecule has 0 aromatic heterocycles. The van der Waals surface area contributed by atoms with E-state index in [1.54, 1.807) is 49.2 Å². The van der Waals surface area contributed by atoms with E-state index in [2.05, 4.69) is 110 Å². The molecule has 0 fully saturated rings. The van der Waals surface area contributed by atoms with Gasteiger partial charge in [0.2, 0.25) is 0 Å². The second kappa shape index (κ2) is 18.1. The van der Waals surface area contributed by atoms with Gasteiger partial charge in [0.1, 0.15) is 11.6 Å². The molecule has 12 heteroatoms. The first-order valence-corrected chi connectivity index (χ1v) is 27.9. The molecule has 6 aromatic rings. The van der Waals surface area contributed by atoms with Crippen LogP contribution in [0.15, 0.2) is 48.5 Å². The average Bonchev–Trinajstić information content (AvgIpc) is 4.06. The van der Waals surface area contributed by atoms with Gasteiger partial charge in [0.25, 0.3) is 0 Å². The Morgan fingerprint density at radius 2 is 0.630 bits per heavy atom. The topological polar surface area (TPSA) is 165 Å². The maximum Gasteiger partial charge on any atom is 0.188 e. The van der Waals surface area contributed by atoms with Crippen LogP contribution in [0.2, 0.25) is 0 Å². The molecule has 12 rings (SSSR count). The zero-order chi connectivity index (χ0) is 58.7. The number of hydrogen-bond acceptors (Lipinski definition) is 9. The van der Waals surface area contributed by atoms with Crippen molar-refractivity contribution in [1.82, 2.24) is 0 Å². The molecule has 420 valence electrons. The Kier molecular flexibility index (Phi) is 12.3. The fraction of sp³-hybridized carbons (Fsp3) is 0.420. The quantitative estimate of drug-likeness (QED) is 0.141. The summed E-state index contributed by atoms with van der Waals surface area (Å²) in [5, 5.41) is 42.0. The van der Waals surface area contributed by atoms with Crippen molar-refractivity contribution in [3.05, 3.63) is 154 Å². The largest absolute Gasteiger partial charge is 0.807 e. The molecule has 2 aliphatic heterocycles. The first kappa shape index (κ1) is 55.1. The SMILES string of the molecule is COc1cc2c(cc1OC)C1(CC2(C)C)CC(C)(C)c2cc3c(cc21)Oc1c(c(C#N)c(C)c(C)c1C(C)=[N-])O3.COc1cc2c(cc1OC)C1(CC2(C)C)CC(C)(C)c2cc3c(cc21)Oc1c(c(C(C)=[N-])c(C)c(C)c1C(C)=[N-])O3. The van der Waals surface area contributed by atoms with E-state index in [9.17, 15) is 21.5 Å². The predicted octanol–water partition coefficient (Wildman–Crippen LogP) is 16.7. The van der Waals surface area contributed by atoms with E-state index in [-0.39, 0.29) is 49.6 Å². The molecule has 81 heavy (non-hydrogen) atoms. The van der Waals surface area contributed by atoms with Crippen molar-refractivity contribution in [2.24, 2.45) is 0 Å². The maximum atomic E-state index is 10.7. The van der Waals surface area contributed by atoms with Crippen molar-refractivity contribution < 1.29 is 37.9 Å². The summed E-state index contributed by atoms with van der Waals surface area (Å²) in [5.74, 6) is 6.93. The van der Waals surface area contributed by atoms with Crippen molar-refractivity contribution >= 4 is 17.1 Å². The standard InChI is InChI=1S/C35H38N2O4.C34H35N2O4/c1-17-18(2)30(20(4)37)32-31(29(17)19(3)36)40-27-12-22-24(14-28(27)41-32)35(16-34(22,7)8)15-33(5,6)21-11-25(38-9)26(39-10)13-23(21)35;1-17-18(2)29(19(3)36)31-30(20(17)14-35)39-27-11-22-24(13-28(27)40-31)34(16-33(22,6)7)15-32(4,5)21-10-25(37-8)26(38-9)12-23(21)34/h11-14H,15-16H2,1-10H3;10-13H,15-16H2,1-9H3/q-2;-1. The summed E-state index contributed by atoms with van der Waals surface area (Å²) < 4.78 is 49.2. The molecule has 6 aromatic carbocycles. The third-order valence-corrected chi connectivity index (χ3v) is 19.2. The van der Waals surface area contributed by atoms with E-state index in [1.165, 1.54) is 44.5 Å². The van der Waals surface area contributed by atoms with Crippen molar-refractivity contribution in [1.29, 1.82) is 5.26 Å².